The van der Waals surface area contributed by atoms with E-state index in [9.17, 15) is 14.4 Å². The fourth-order valence-electron chi connectivity index (χ4n) is 4.21. The van der Waals surface area contributed by atoms with Gasteiger partial charge in [0.05, 0.1) is 6.61 Å². The van der Waals surface area contributed by atoms with Gasteiger partial charge in [-0.05, 0) is 42.9 Å². The number of carboxylic acids is 1. The Morgan fingerprint density at radius 3 is 2.46 bits per heavy atom. The third-order valence-corrected chi connectivity index (χ3v) is 5.02. The Bertz CT molecular complexity index is 538. The maximum Gasteiger partial charge on any atom is 0.407 e. The highest BCUT2D eigenvalue weighted by molar-refractivity contribution is 5.74. The van der Waals surface area contributed by atoms with E-state index in [0.29, 0.717) is 19.5 Å². The summed E-state index contributed by atoms with van der Waals surface area (Å²) in [5.74, 6) is -0.904. The van der Waals surface area contributed by atoms with Crippen molar-refractivity contribution in [1.29, 1.82) is 0 Å². The number of unbranched alkanes of at least 4 members (excludes halogenated alkanes) is 1. The van der Waals surface area contributed by atoms with Gasteiger partial charge in [-0.25, -0.2) is 9.59 Å². The second-order valence-electron chi connectivity index (χ2n) is 9.00. The average Bonchev–Trinajstić information content (AvgIpc) is 2.55. The fourth-order valence-corrected chi connectivity index (χ4v) is 4.21. The smallest absolute Gasteiger partial charge is 0.407 e. The van der Waals surface area contributed by atoms with Gasteiger partial charge in [-0.15, -0.1) is 0 Å². The number of carbonyl (C=O) groups is 3. The van der Waals surface area contributed by atoms with E-state index in [1.807, 2.05) is 0 Å². The molecular weight excluding hydrogens is 362 g/mol. The number of hydrogen-bond acceptors (Lipinski definition) is 4. The maximum atomic E-state index is 12.1. The van der Waals surface area contributed by atoms with Gasteiger partial charge in [0.1, 0.15) is 0 Å². The Morgan fingerprint density at radius 2 is 1.82 bits per heavy atom. The van der Waals surface area contributed by atoms with Crippen molar-refractivity contribution in [3.05, 3.63) is 0 Å². The van der Waals surface area contributed by atoms with Crippen LogP contribution in [0, 0.1) is 10.8 Å². The summed E-state index contributed by atoms with van der Waals surface area (Å²) in [6.07, 6.45) is 4.33. The topological polar surface area (TPSA) is 117 Å². The molecule has 0 spiro atoms. The second kappa shape index (κ2) is 11.1. The van der Waals surface area contributed by atoms with Crippen LogP contribution in [0.25, 0.3) is 0 Å². The summed E-state index contributed by atoms with van der Waals surface area (Å²) in [6.45, 7) is 9.76. The Balaban J connectivity index is 2.49. The number of amides is 3. The first-order chi connectivity index (χ1) is 13.1. The zero-order valence-corrected chi connectivity index (χ0v) is 17.7. The van der Waals surface area contributed by atoms with Crippen LogP contribution in [0.3, 0.4) is 0 Å². The van der Waals surface area contributed by atoms with E-state index in [-0.39, 0.29) is 35.9 Å². The van der Waals surface area contributed by atoms with E-state index in [1.54, 1.807) is 0 Å². The van der Waals surface area contributed by atoms with Gasteiger partial charge in [0.2, 0.25) is 0 Å². The van der Waals surface area contributed by atoms with E-state index in [0.717, 1.165) is 32.1 Å². The molecule has 0 aromatic carbocycles. The summed E-state index contributed by atoms with van der Waals surface area (Å²) in [6, 6.07) is -0.0898. The molecule has 0 aromatic rings. The number of nitrogens with one attached hydrogen (secondary N) is 3. The molecule has 8 nitrogen and oxygen atoms in total. The van der Waals surface area contributed by atoms with Crippen LogP contribution in [0.2, 0.25) is 0 Å². The number of ether oxygens (including phenoxy) is 1. The van der Waals surface area contributed by atoms with E-state index < -0.39 is 12.1 Å². The monoisotopic (exact) mass is 399 g/mol. The summed E-state index contributed by atoms with van der Waals surface area (Å²) in [4.78, 5) is 34.5. The van der Waals surface area contributed by atoms with Crippen LogP contribution in [-0.2, 0) is 9.53 Å². The van der Waals surface area contributed by atoms with Crippen LogP contribution < -0.4 is 16.0 Å². The highest BCUT2D eigenvalue weighted by Crippen LogP contribution is 2.45. The van der Waals surface area contributed by atoms with Crippen molar-refractivity contribution in [2.75, 3.05) is 19.7 Å². The molecule has 4 N–H and O–H groups in total. The van der Waals surface area contributed by atoms with Crippen molar-refractivity contribution < 1.29 is 24.2 Å². The molecule has 0 radical (unpaired) electrons. The number of aliphatic carboxylic acids is 1. The lowest BCUT2D eigenvalue weighted by Gasteiger charge is -2.46. The Labute approximate surface area is 168 Å². The molecule has 162 valence electrons. The largest absolute Gasteiger partial charge is 0.481 e. The molecule has 1 rings (SSSR count). The van der Waals surface area contributed by atoms with E-state index in [4.69, 9.17) is 9.84 Å². The molecule has 2 atom stereocenters. The van der Waals surface area contributed by atoms with Crippen molar-refractivity contribution in [2.45, 2.75) is 78.7 Å². The standard InChI is InChI=1S/C20H37N3O5/c1-5-6-9-21-17(26)23-15-11-19(2,3)13-20(4,12-15)14-22-18(27)28-10-7-8-16(24)25/h15H,5-14H2,1-4H3,(H,22,27)(H,24,25)(H2,21,23,26). The first-order valence-corrected chi connectivity index (χ1v) is 10.2. The molecule has 1 fully saturated rings. The van der Waals surface area contributed by atoms with Crippen molar-refractivity contribution in [2.24, 2.45) is 10.8 Å². The van der Waals surface area contributed by atoms with Gasteiger partial charge in [0, 0.05) is 25.6 Å². The zero-order valence-electron chi connectivity index (χ0n) is 17.7. The molecule has 8 heteroatoms. The maximum absolute atomic E-state index is 12.1. The minimum absolute atomic E-state index is 0.0210. The van der Waals surface area contributed by atoms with Gasteiger partial charge in [0.15, 0.2) is 0 Å². The molecule has 1 saturated carbocycles. The molecule has 3 amide bonds. The number of rotatable bonds is 10. The highest BCUT2D eigenvalue weighted by Gasteiger charge is 2.41. The van der Waals surface area contributed by atoms with Crippen molar-refractivity contribution >= 4 is 18.1 Å². The normalized spacial score (nSPS) is 23.5. The predicted molar refractivity (Wildman–Crippen MR) is 107 cm³/mol. The number of hydrogen-bond donors (Lipinski definition) is 4. The van der Waals surface area contributed by atoms with E-state index in [2.05, 4.69) is 43.6 Å². The van der Waals surface area contributed by atoms with E-state index in [1.165, 1.54) is 0 Å². The first kappa shape index (κ1) is 24.0. The summed E-state index contributed by atoms with van der Waals surface area (Å²) >= 11 is 0. The number of carbonyl (C=O) groups excluding carboxylic acids is 2. The molecular formula is C20H37N3O5. The lowest BCUT2D eigenvalue weighted by Crippen LogP contribution is -2.52. The molecule has 1 aliphatic rings. The molecule has 28 heavy (non-hydrogen) atoms. The van der Waals surface area contributed by atoms with Gasteiger partial charge in [-0.2, -0.15) is 0 Å². The van der Waals surface area contributed by atoms with Crippen LogP contribution in [0.15, 0.2) is 0 Å². The Morgan fingerprint density at radius 1 is 1.11 bits per heavy atom. The lowest BCUT2D eigenvalue weighted by atomic mass is 9.62. The van der Waals surface area contributed by atoms with Crippen molar-refractivity contribution in [3.8, 4) is 0 Å². The third-order valence-electron chi connectivity index (χ3n) is 5.02. The molecule has 0 heterocycles. The quantitative estimate of drug-likeness (QED) is 0.421. The number of urea groups is 1. The fraction of sp³-hybridized carbons (Fsp3) is 0.850. The van der Waals surface area contributed by atoms with Gasteiger partial charge < -0.3 is 25.8 Å². The van der Waals surface area contributed by atoms with Crippen molar-refractivity contribution in [3.63, 3.8) is 0 Å². The third kappa shape index (κ3) is 9.80. The summed E-state index contributed by atoms with van der Waals surface area (Å²) in [7, 11) is 0. The molecule has 0 saturated heterocycles. The van der Waals surface area contributed by atoms with Gasteiger partial charge in [-0.1, -0.05) is 34.1 Å². The molecule has 0 aromatic heterocycles. The Hall–Kier alpha value is -1.99. The van der Waals surface area contributed by atoms with Gasteiger partial charge in [-0.3, -0.25) is 4.79 Å². The van der Waals surface area contributed by atoms with Crippen LogP contribution >= 0.6 is 0 Å². The van der Waals surface area contributed by atoms with Crippen LogP contribution in [0.5, 0.6) is 0 Å². The zero-order chi connectivity index (χ0) is 21.2. The summed E-state index contributed by atoms with van der Waals surface area (Å²) in [5.41, 5.74) is -0.120. The molecule has 0 aliphatic heterocycles. The number of alkyl carbamates (subject to hydrolysis) is 1. The number of carboxylic acid groups (broad SMARTS) is 1. The van der Waals surface area contributed by atoms with Gasteiger partial charge >= 0.3 is 18.1 Å². The molecule has 0 bridgehead atoms. The summed E-state index contributed by atoms with van der Waals surface area (Å²) < 4.78 is 5.03. The van der Waals surface area contributed by atoms with Crippen LogP contribution in [0.1, 0.15) is 72.6 Å². The second-order valence-corrected chi connectivity index (χ2v) is 9.00. The van der Waals surface area contributed by atoms with E-state index >= 15 is 0 Å². The van der Waals surface area contributed by atoms with Crippen LogP contribution in [-0.4, -0.2) is 48.9 Å². The highest BCUT2D eigenvalue weighted by atomic mass is 16.5. The predicted octanol–water partition coefficient (Wildman–Crippen LogP) is 3.26. The lowest BCUT2D eigenvalue weighted by molar-refractivity contribution is -0.137. The SMILES string of the molecule is CCCCNC(=O)NC1CC(C)(C)CC(C)(CNC(=O)OCCCC(=O)O)C1. The van der Waals surface area contributed by atoms with Gasteiger partial charge in [0.25, 0.3) is 0 Å². The first-order valence-electron chi connectivity index (χ1n) is 10.2. The Kier molecular flexibility index (Phi) is 9.55. The van der Waals surface area contributed by atoms with Crippen LogP contribution in [0.4, 0.5) is 9.59 Å². The molecule has 2 unspecified atom stereocenters. The summed E-state index contributed by atoms with van der Waals surface area (Å²) in [5, 5.41) is 17.4. The minimum atomic E-state index is -0.904. The molecule has 1 aliphatic carbocycles. The average molecular weight is 400 g/mol. The minimum Gasteiger partial charge on any atom is -0.481 e. The van der Waals surface area contributed by atoms with Crippen molar-refractivity contribution in [1.82, 2.24) is 16.0 Å².